The van der Waals surface area contributed by atoms with Gasteiger partial charge in [-0.2, -0.15) is 0 Å². The molecule has 1 saturated heterocycles. The Hall–Kier alpha value is -0.545. The zero-order valence-corrected chi connectivity index (χ0v) is 15.3. The summed E-state index contributed by atoms with van der Waals surface area (Å²) in [4.78, 5) is 0. The van der Waals surface area contributed by atoms with Crippen LogP contribution in [0.1, 0.15) is 59.6 Å². The van der Waals surface area contributed by atoms with Crippen molar-refractivity contribution in [1.29, 1.82) is 0 Å². The van der Waals surface area contributed by atoms with E-state index >= 15 is 0 Å². The van der Waals surface area contributed by atoms with E-state index in [1.165, 1.54) is 0 Å². The van der Waals surface area contributed by atoms with Crippen molar-refractivity contribution in [2.45, 2.75) is 71.7 Å². The Labute approximate surface area is 139 Å². The van der Waals surface area contributed by atoms with E-state index in [4.69, 9.17) is 20.9 Å². The summed E-state index contributed by atoms with van der Waals surface area (Å²) in [6.07, 6.45) is 0. The van der Waals surface area contributed by atoms with Crippen molar-refractivity contribution in [3.8, 4) is 0 Å². The van der Waals surface area contributed by atoms with Crippen LogP contribution >= 0.6 is 11.6 Å². The van der Waals surface area contributed by atoms with Crippen molar-refractivity contribution in [2.75, 3.05) is 0 Å². The fourth-order valence-electron chi connectivity index (χ4n) is 2.53. The van der Waals surface area contributed by atoms with Gasteiger partial charge >= 0.3 is 7.12 Å². The molecule has 0 unspecified atom stereocenters. The van der Waals surface area contributed by atoms with Gasteiger partial charge in [0.05, 0.1) is 17.8 Å². The Morgan fingerprint density at radius 3 is 2.00 bits per heavy atom. The minimum absolute atomic E-state index is 0.0698. The standard InChI is InChI=1S/C17H26BClO3/c1-15(2,3)12-8-11(10-20)13(9-14(12)19)18-21-16(4,5)17(6,7)22-18/h8-9,20H,10H2,1-7H3. The second-order valence-electron chi connectivity index (χ2n) is 8.03. The summed E-state index contributed by atoms with van der Waals surface area (Å²) >= 11 is 6.47. The van der Waals surface area contributed by atoms with Crippen molar-refractivity contribution < 1.29 is 14.4 Å². The predicted octanol–water partition coefficient (Wildman–Crippen LogP) is 3.43. The van der Waals surface area contributed by atoms with E-state index in [1.54, 1.807) is 0 Å². The van der Waals surface area contributed by atoms with Gasteiger partial charge in [0.25, 0.3) is 0 Å². The molecule has 1 heterocycles. The van der Waals surface area contributed by atoms with Crippen LogP contribution in [0.4, 0.5) is 0 Å². The Morgan fingerprint density at radius 2 is 1.59 bits per heavy atom. The average Bonchev–Trinajstić information content (AvgIpc) is 2.56. The molecule has 22 heavy (non-hydrogen) atoms. The summed E-state index contributed by atoms with van der Waals surface area (Å²) in [5.74, 6) is 0. The van der Waals surface area contributed by atoms with E-state index in [2.05, 4.69) is 20.8 Å². The highest BCUT2D eigenvalue weighted by atomic mass is 35.5. The van der Waals surface area contributed by atoms with E-state index in [-0.39, 0.29) is 12.0 Å². The summed E-state index contributed by atoms with van der Waals surface area (Å²) in [7, 11) is -0.515. The second-order valence-corrected chi connectivity index (χ2v) is 8.43. The lowest BCUT2D eigenvalue weighted by Crippen LogP contribution is -2.41. The monoisotopic (exact) mass is 324 g/mol. The summed E-state index contributed by atoms with van der Waals surface area (Å²) in [6, 6.07) is 3.83. The van der Waals surface area contributed by atoms with Gasteiger partial charge in [0.2, 0.25) is 0 Å². The highest BCUT2D eigenvalue weighted by molar-refractivity contribution is 6.63. The lowest BCUT2D eigenvalue weighted by molar-refractivity contribution is 0.00578. The average molecular weight is 325 g/mol. The highest BCUT2D eigenvalue weighted by Gasteiger charge is 2.52. The van der Waals surface area contributed by atoms with Crippen LogP contribution in [0.15, 0.2) is 12.1 Å². The summed E-state index contributed by atoms with van der Waals surface area (Å²) < 4.78 is 12.2. The molecule has 1 fully saturated rings. The van der Waals surface area contributed by atoms with E-state index in [1.807, 2.05) is 39.8 Å². The SMILES string of the molecule is CC(C)(C)c1cc(CO)c(B2OC(C)(C)C(C)(C)O2)cc1Cl. The molecule has 3 nitrogen and oxygen atoms in total. The Bertz CT molecular complexity index is 560. The van der Waals surface area contributed by atoms with Crippen molar-refractivity contribution >= 4 is 24.2 Å². The molecule has 0 spiro atoms. The third kappa shape index (κ3) is 3.07. The molecule has 1 N–H and O–H groups in total. The van der Waals surface area contributed by atoms with Gasteiger partial charge in [-0.1, -0.05) is 38.4 Å². The van der Waals surface area contributed by atoms with E-state index in [0.717, 1.165) is 16.6 Å². The first-order valence-corrected chi connectivity index (χ1v) is 8.06. The van der Waals surface area contributed by atoms with Crippen LogP contribution in [-0.2, 0) is 21.3 Å². The first-order chi connectivity index (χ1) is 9.89. The zero-order valence-electron chi connectivity index (χ0n) is 14.6. The molecule has 1 aromatic rings. The van der Waals surface area contributed by atoms with E-state index < -0.39 is 18.3 Å². The quantitative estimate of drug-likeness (QED) is 0.847. The molecule has 0 aromatic heterocycles. The molecule has 1 aromatic carbocycles. The number of aliphatic hydroxyl groups is 1. The number of benzene rings is 1. The Kier molecular flexibility index (Phi) is 4.47. The normalized spacial score (nSPS) is 20.5. The molecule has 1 aliphatic rings. The molecule has 0 atom stereocenters. The largest absolute Gasteiger partial charge is 0.495 e. The third-order valence-corrected chi connectivity index (χ3v) is 5.03. The number of hydrogen-bond acceptors (Lipinski definition) is 3. The minimum Gasteiger partial charge on any atom is -0.399 e. The van der Waals surface area contributed by atoms with Gasteiger partial charge in [0.15, 0.2) is 0 Å². The molecule has 5 heteroatoms. The fraction of sp³-hybridized carbons (Fsp3) is 0.647. The number of halogens is 1. The number of aliphatic hydroxyl groups excluding tert-OH is 1. The molecule has 1 aliphatic heterocycles. The van der Waals surface area contributed by atoms with Gasteiger partial charge in [-0.15, -0.1) is 0 Å². The molecule has 0 saturated carbocycles. The first kappa shape index (κ1) is 17.8. The van der Waals surface area contributed by atoms with Crippen molar-refractivity contribution in [2.24, 2.45) is 0 Å². The van der Waals surface area contributed by atoms with E-state index in [9.17, 15) is 5.11 Å². The molecule has 0 radical (unpaired) electrons. The molecule has 0 amide bonds. The van der Waals surface area contributed by atoms with Gasteiger partial charge < -0.3 is 14.4 Å². The second kappa shape index (κ2) is 5.52. The van der Waals surface area contributed by atoms with Crippen molar-refractivity contribution in [3.63, 3.8) is 0 Å². The van der Waals surface area contributed by atoms with Crippen LogP contribution in [-0.4, -0.2) is 23.4 Å². The zero-order chi connectivity index (χ0) is 16.9. The third-order valence-electron chi connectivity index (χ3n) is 4.71. The van der Waals surface area contributed by atoms with Gasteiger partial charge in [0.1, 0.15) is 0 Å². The van der Waals surface area contributed by atoms with Gasteiger partial charge in [0, 0.05) is 5.02 Å². The maximum Gasteiger partial charge on any atom is 0.495 e. The van der Waals surface area contributed by atoms with Gasteiger partial charge in [-0.05, 0) is 55.8 Å². The molecular formula is C17H26BClO3. The lowest BCUT2D eigenvalue weighted by atomic mass is 9.73. The Morgan fingerprint density at radius 1 is 1.09 bits per heavy atom. The van der Waals surface area contributed by atoms with Crippen molar-refractivity contribution in [1.82, 2.24) is 0 Å². The van der Waals surface area contributed by atoms with Crippen LogP contribution in [0, 0.1) is 0 Å². The molecular weight excluding hydrogens is 298 g/mol. The highest BCUT2D eigenvalue weighted by Crippen LogP contribution is 2.37. The smallest absolute Gasteiger partial charge is 0.399 e. The van der Waals surface area contributed by atoms with Gasteiger partial charge in [-0.3, -0.25) is 0 Å². The Balaban J connectivity index is 2.48. The fourth-order valence-corrected chi connectivity index (χ4v) is 2.99. The molecule has 0 aliphatic carbocycles. The number of rotatable bonds is 2. The lowest BCUT2D eigenvalue weighted by Gasteiger charge is -2.32. The topological polar surface area (TPSA) is 38.7 Å². The summed E-state index contributed by atoms with van der Waals surface area (Å²) in [5.41, 5.74) is 1.69. The van der Waals surface area contributed by atoms with Gasteiger partial charge in [-0.25, -0.2) is 0 Å². The molecule has 2 rings (SSSR count). The maximum absolute atomic E-state index is 9.77. The maximum atomic E-state index is 9.77. The molecule has 122 valence electrons. The first-order valence-electron chi connectivity index (χ1n) is 7.68. The van der Waals surface area contributed by atoms with Crippen LogP contribution in [0.3, 0.4) is 0 Å². The summed E-state index contributed by atoms with van der Waals surface area (Å²) in [6.45, 7) is 14.3. The van der Waals surface area contributed by atoms with Crippen LogP contribution in [0.25, 0.3) is 0 Å². The van der Waals surface area contributed by atoms with E-state index in [0.29, 0.717) is 5.02 Å². The van der Waals surface area contributed by atoms with Crippen LogP contribution < -0.4 is 5.46 Å². The van der Waals surface area contributed by atoms with Crippen molar-refractivity contribution in [3.05, 3.63) is 28.3 Å². The minimum atomic E-state index is -0.515. The van der Waals surface area contributed by atoms with Crippen LogP contribution in [0.5, 0.6) is 0 Å². The molecule has 0 bridgehead atoms. The summed E-state index contributed by atoms with van der Waals surface area (Å²) in [5, 5.41) is 10.4. The number of hydrogen-bond donors (Lipinski definition) is 1. The predicted molar refractivity (Wildman–Crippen MR) is 91.8 cm³/mol. The van der Waals surface area contributed by atoms with Crippen LogP contribution in [0.2, 0.25) is 5.02 Å².